The van der Waals surface area contributed by atoms with Gasteiger partial charge in [-0.25, -0.2) is 4.79 Å². The van der Waals surface area contributed by atoms with Gasteiger partial charge in [0.1, 0.15) is 0 Å². The Morgan fingerprint density at radius 3 is 2.24 bits per heavy atom. The van der Waals surface area contributed by atoms with E-state index in [-0.39, 0.29) is 29.1 Å². The summed E-state index contributed by atoms with van der Waals surface area (Å²) in [5.74, 6) is 0.138. The Morgan fingerprint density at radius 2 is 1.69 bits per heavy atom. The van der Waals surface area contributed by atoms with Crippen molar-refractivity contribution in [3.05, 3.63) is 35.9 Å². The van der Waals surface area contributed by atoms with Gasteiger partial charge in [-0.3, -0.25) is 9.69 Å². The monoisotopic (exact) mass is 398 g/mol. The van der Waals surface area contributed by atoms with E-state index >= 15 is 0 Å². The van der Waals surface area contributed by atoms with Gasteiger partial charge >= 0.3 is 6.03 Å². The normalized spacial score (nSPS) is 30.8. The van der Waals surface area contributed by atoms with Crippen LogP contribution < -0.4 is 5.32 Å². The lowest BCUT2D eigenvalue weighted by Crippen LogP contribution is -2.54. The first kappa shape index (κ1) is 20.2. The van der Waals surface area contributed by atoms with Gasteiger partial charge in [-0.1, -0.05) is 30.3 Å². The minimum absolute atomic E-state index is 0.0392. The van der Waals surface area contributed by atoms with Crippen LogP contribution in [0.2, 0.25) is 0 Å². The first-order chi connectivity index (χ1) is 13.9. The molecule has 1 spiro atoms. The third-order valence-electron chi connectivity index (χ3n) is 7.66. The highest BCUT2D eigenvalue weighted by molar-refractivity contribution is 5.78. The molecule has 1 aromatic carbocycles. The lowest BCUT2D eigenvalue weighted by molar-refractivity contribution is -0.130. The summed E-state index contributed by atoms with van der Waals surface area (Å²) in [6, 6.07) is 11.1. The topological polar surface area (TPSA) is 55.9 Å². The van der Waals surface area contributed by atoms with Gasteiger partial charge in [-0.2, -0.15) is 0 Å². The number of rotatable bonds is 3. The molecular weight excluding hydrogens is 364 g/mol. The van der Waals surface area contributed by atoms with Crippen LogP contribution in [-0.2, 0) is 10.3 Å². The summed E-state index contributed by atoms with van der Waals surface area (Å²) in [4.78, 5) is 30.8. The predicted octanol–water partition coefficient (Wildman–Crippen LogP) is 2.79. The van der Waals surface area contributed by atoms with Crippen molar-refractivity contribution in [2.24, 2.45) is 0 Å². The molecule has 3 fully saturated rings. The molecule has 2 aliphatic heterocycles. The van der Waals surface area contributed by atoms with E-state index in [1.165, 1.54) is 5.56 Å². The van der Waals surface area contributed by atoms with Crippen LogP contribution in [0.15, 0.2) is 30.3 Å². The molecule has 4 rings (SSSR count). The quantitative estimate of drug-likeness (QED) is 0.852. The minimum atomic E-state index is -0.108. The van der Waals surface area contributed by atoms with Crippen LogP contribution in [0.3, 0.4) is 0 Å². The summed E-state index contributed by atoms with van der Waals surface area (Å²) in [6.45, 7) is 3.95. The van der Waals surface area contributed by atoms with E-state index in [2.05, 4.69) is 59.5 Å². The van der Waals surface area contributed by atoms with E-state index < -0.39 is 0 Å². The molecule has 1 aromatic rings. The van der Waals surface area contributed by atoms with E-state index in [9.17, 15) is 9.59 Å². The molecule has 6 nitrogen and oxygen atoms in total. The molecule has 29 heavy (non-hydrogen) atoms. The molecule has 3 aliphatic rings. The summed E-state index contributed by atoms with van der Waals surface area (Å²) in [5.41, 5.74) is 1.30. The van der Waals surface area contributed by atoms with Gasteiger partial charge in [0.25, 0.3) is 0 Å². The number of carbonyl (C=O) groups excluding carboxylic acids is 2. The molecule has 6 heteroatoms. The molecule has 2 saturated heterocycles. The molecule has 3 amide bonds. The number of amides is 3. The molecule has 0 radical (unpaired) electrons. The van der Waals surface area contributed by atoms with Crippen molar-refractivity contribution in [3.8, 4) is 0 Å². The van der Waals surface area contributed by atoms with Crippen LogP contribution in [0.25, 0.3) is 0 Å². The molecule has 1 N–H and O–H groups in total. The fraction of sp³-hybridized carbons (Fsp3) is 0.652. The zero-order valence-corrected chi connectivity index (χ0v) is 18.0. The fourth-order valence-electron chi connectivity index (χ4n) is 5.69. The standard InChI is InChI=1S/C23H34N4O2/c1-18(28)26-15-9-20(10-16-26)27-17-22(24-21(27)29)11-13-23(14-12-22,25(2)3)19-7-5-4-6-8-19/h4-8,20H,9-17H2,1-3H3,(H,24,29)/t22-,23+. The number of nitrogens with one attached hydrogen (secondary N) is 1. The summed E-state index contributed by atoms with van der Waals surface area (Å²) in [5, 5.41) is 3.37. The summed E-state index contributed by atoms with van der Waals surface area (Å²) in [7, 11) is 4.35. The third-order valence-corrected chi connectivity index (χ3v) is 7.66. The second-order valence-electron chi connectivity index (χ2n) is 9.37. The van der Waals surface area contributed by atoms with Crippen molar-refractivity contribution in [2.45, 2.75) is 62.6 Å². The molecule has 0 bridgehead atoms. The highest BCUT2D eigenvalue weighted by Gasteiger charge is 2.51. The number of benzene rings is 1. The average molecular weight is 399 g/mol. The number of piperidine rings is 1. The first-order valence-electron chi connectivity index (χ1n) is 10.9. The van der Waals surface area contributed by atoms with Crippen LogP contribution in [0.1, 0.15) is 51.0 Å². The Bertz CT molecular complexity index is 747. The van der Waals surface area contributed by atoms with Crippen LogP contribution in [0.4, 0.5) is 4.79 Å². The fourth-order valence-corrected chi connectivity index (χ4v) is 5.69. The molecular formula is C23H34N4O2. The second kappa shape index (κ2) is 7.63. The molecule has 158 valence electrons. The number of hydrogen-bond donors (Lipinski definition) is 1. The maximum atomic E-state index is 12.9. The van der Waals surface area contributed by atoms with Gasteiger partial charge in [0.05, 0.1) is 5.54 Å². The maximum absolute atomic E-state index is 12.9. The molecule has 0 atom stereocenters. The van der Waals surface area contributed by atoms with Crippen molar-refractivity contribution in [1.29, 1.82) is 0 Å². The Kier molecular flexibility index (Phi) is 5.32. The number of likely N-dealkylation sites (tertiary alicyclic amines) is 1. The van der Waals surface area contributed by atoms with Gasteiger partial charge in [0, 0.05) is 38.1 Å². The third kappa shape index (κ3) is 3.63. The average Bonchev–Trinajstić information content (AvgIpc) is 3.05. The predicted molar refractivity (Wildman–Crippen MR) is 114 cm³/mol. The van der Waals surface area contributed by atoms with Gasteiger partial charge in [-0.15, -0.1) is 0 Å². The molecule has 0 aromatic heterocycles. The van der Waals surface area contributed by atoms with Crippen LogP contribution >= 0.6 is 0 Å². The van der Waals surface area contributed by atoms with Crippen LogP contribution in [-0.4, -0.2) is 71.9 Å². The smallest absolute Gasteiger partial charge is 0.318 e. The van der Waals surface area contributed by atoms with Crippen molar-refractivity contribution in [2.75, 3.05) is 33.7 Å². The van der Waals surface area contributed by atoms with Crippen molar-refractivity contribution in [1.82, 2.24) is 20.0 Å². The Hall–Kier alpha value is -2.08. The van der Waals surface area contributed by atoms with Crippen LogP contribution in [0, 0.1) is 0 Å². The number of hydrogen-bond acceptors (Lipinski definition) is 3. The van der Waals surface area contributed by atoms with E-state index in [4.69, 9.17) is 0 Å². The zero-order chi connectivity index (χ0) is 20.6. The highest BCUT2D eigenvalue weighted by atomic mass is 16.2. The summed E-state index contributed by atoms with van der Waals surface area (Å²) >= 11 is 0. The van der Waals surface area contributed by atoms with Gasteiger partial charge in [0.2, 0.25) is 5.91 Å². The molecule has 0 unspecified atom stereocenters. The van der Waals surface area contributed by atoms with Gasteiger partial charge in [-0.05, 0) is 58.2 Å². The van der Waals surface area contributed by atoms with E-state index in [1.54, 1.807) is 6.92 Å². The van der Waals surface area contributed by atoms with E-state index in [1.807, 2.05) is 4.90 Å². The minimum Gasteiger partial charge on any atom is -0.343 e. The SMILES string of the molecule is CC(=O)N1CCC(N2C[C@]3(CC[C@](c4ccccc4)(N(C)C)CC3)NC2=O)CC1. The van der Waals surface area contributed by atoms with Crippen molar-refractivity contribution < 1.29 is 9.59 Å². The summed E-state index contributed by atoms with van der Waals surface area (Å²) < 4.78 is 0. The number of urea groups is 1. The zero-order valence-electron chi connectivity index (χ0n) is 18.0. The first-order valence-corrected chi connectivity index (χ1v) is 10.9. The van der Waals surface area contributed by atoms with Gasteiger partial charge in [0.15, 0.2) is 0 Å². The lowest BCUT2D eigenvalue weighted by Gasteiger charge is -2.49. The Labute approximate surface area is 174 Å². The number of carbonyl (C=O) groups is 2. The van der Waals surface area contributed by atoms with Crippen LogP contribution in [0.5, 0.6) is 0 Å². The largest absolute Gasteiger partial charge is 0.343 e. The Morgan fingerprint density at radius 1 is 1.07 bits per heavy atom. The highest BCUT2D eigenvalue weighted by Crippen LogP contribution is 2.46. The molecule has 1 aliphatic carbocycles. The maximum Gasteiger partial charge on any atom is 0.318 e. The molecule has 1 saturated carbocycles. The molecule has 2 heterocycles. The second-order valence-corrected chi connectivity index (χ2v) is 9.37. The van der Waals surface area contributed by atoms with E-state index in [0.717, 1.165) is 58.2 Å². The Balaban J connectivity index is 1.44. The van der Waals surface area contributed by atoms with E-state index in [0.29, 0.717) is 0 Å². The van der Waals surface area contributed by atoms with Crippen molar-refractivity contribution in [3.63, 3.8) is 0 Å². The van der Waals surface area contributed by atoms with Gasteiger partial charge < -0.3 is 15.1 Å². The van der Waals surface area contributed by atoms with Crippen molar-refractivity contribution >= 4 is 11.9 Å². The summed E-state index contributed by atoms with van der Waals surface area (Å²) in [6.07, 6.45) is 5.84. The number of nitrogens with zero attached hydrogens (tertiary/aromatic N) is 3. The lowest BCUT2D eigenvalue weighted by atomic mass is 9.69.